The lowest BCUT2D eigenvalue weighted by atomic mass is 9.86. The Hall–Kier alpha value is -0.730. The Morgan fingerprint density at radius 1 is 1.25 bits per heavy atom. The van der Waals surface area contributed by atoms with Gasteiger partial charge < -0.3 is 4.74 Å². The quantitative estimate of drug-likeness (QED) is 0.784. The average molecular weight is 238 g/mol. The van der Waals surface area contributed by atoms with Crippen molar-refractivity contribution >= 4 is 11.6 Å². The van der Waals surface area contributed by atoms with Crippen molar-refractivity contribution in [1.29, 1.82) is 0 Å². The molecule has 3 aliphatic rings. The van der Waals surface area contributed by atoms with Crippen molar-refractivity contribution in [2.45, 2.75) is 18.9 Å². The van der Waals surface area contributed by atoms with Crippen molar-refractivity contribution in [2.24, 2.45) is 5.92 Å². The first-order valence-electron chi connectivity index (χ1n) is 5.96. The SMILES string of the molecule is Clc1cccc(O[C@H]2CN3CCC2CC3)c1. The van der Waals surface area contributed by atoms with Crippen LogP contribution in [0.15, 0.2) is 24.3 Å². The Kier molecular flexibility index (Phi) is 2.78. The van der Waals surface area contributed by atoms with E-state index >= 15 is 0 Å². The molecule has 0 spiro atoms. The van der Waals surface area contributed by atoms with Crippen LogP contribution in [0.2, 0.25) is 5.02 Å². The van der Waals surface area contributed by atoms with Crippen molar-refractivity contribution in [3.8, 4) is 5.75 Å². The van der Waals surface area contributed by atoms with Crippen LogP contribution in [0.5, 0.6) is 5.75 Å². The Morgan fingerprint density at radius 2 is 2.06 bits per heavy atom. The van der Waals surface area contributed by atoms with Gasteiger partial charge in [0.15, 0.2) is 0 Å². The van der Waals surface area contributed by atoms with E-state index in [-0.39, 0.29) is 0 Å². The highest BCUT2D eigenvalue weighted by Crippen LogP contribution is 2.31. The van der Waals surface area contributed by atoms with Crippen LogP contribution in [-0.2, 0) is 0 Å². The average Bonchev–Trinajstić information content (AvgIpc) is 2.30. The van der Waals surface area contributed by atoms with Gasteiger partial charge in [-0.05, 0) is 50.0 Å². The van der Waals surface area contributed by atoms with E-state index < -0.39 is 0 Å². The van der Waals surface area contributed by atoms with E-state index in [2.05, 4.69) is 4.90 Å². The molecule has 3 fully saturated rings. The molecule has 2 nitrogen and oxygen atoms in total. The van der Waals surface area contributed by atoms with Crippen molar-refractivity contribution < 1.29 is 4.74 Å². The van der Waals surface area contributed by atoms with Crippen molar-refractivity contribution in [2.75, 3.05) is 19.6 Å². The second-order valence-corrected chi connectivity index (χ2v) is 5.19. The summed E-state index contributed by atoms with van der Waals surface area (Å²) in [6.45, 7) is 3.58. The maximum absolute atomic E-state index is 6.04. The molecule has 3 aliphatic heterocycles. The summed E-state index contributed by atoms with van der Waals surface area (Å²) in [6.07, 6.45) is 2.93. The summed E-state index contributed by atoms with van der Waals surface area (Å²) in [7, 11) is 0. The van der Waals surface area contributed by atoms with Gasteiger partial charge in [-0.3, -0.25) is 4.90 Å². The molecule has 2 bridgehead atoms. The number of nitrogens with zero attached hydrogens (tertiary/aromatic N) is 1. The summed E-state index contributed by atoms with van der Waals surface area (Å²) in [4.78, 5) is 2.50. The molecule has 0 radical (unpaired) electrons. The number of piperidine rings is 3. The van der Waals surface area contributed by atoms with E-state index in [0.29, 0.717) is 6.10 Å². The lowest BCUT2D eigenvalue weighted by molar-refractivity contribution is -0.00775. The highest BCUT2D eigenvalue weighted by Gasteiger charge is 2.35. The molecule has 1 aromatic carbocycles. The Morgan fingerprint density at radius 3 is 2.69 bits per heavy atom. The fraction of sp³-hybridized carbons (Fsp3) is 0.538. The molecule has 0 N–H and O–H groups in total. The third-order valence-corrected chi connectivity index (χ3v) is 3.91. The standard InChI is InChI=1S/C13H16ClNO/c14-11-2-1-3-12(8-11)16-13-9-15-6-4-10(13)5-7-15/h1-3,8,10,13H,4-7,9H2/t13-/m0/s1. The minimum atomic E-state index is 0.362. The number of fused-ring (bicyclic) bond motifs is 3. The van der Waals surface area contributed by atoms with Crippen molar-refractivity contribution in [3.63, 3.8) is 0 Å². The zero-order valence-electron chi connectivity index (χ0n) is 9.23. The van der Waals surface area contributed by atoms with Crippen LogP contribution < -0.4 is 4.74 Å². The van der Waals surface area contributed by atoms with E-state index in [9.17, 15) is 0 Å². The molecule has 3 saturated heterocycles. The number of hydrogen-bond donors (Lipinski definition) is 0. The van der Waals surface area contributed by atoms with Crippen molar-refractivity contribution in [1.82, 2.24) is 4.90 Å². The number of ether oxygens (including phenoxy) is 1. The number of benzene rings is 1. The molecular weight excluding hydrogens is 222 g/mol. The fourth-order valence-electron chi connectivity index (χ4n) is 2.76. The zero-order valence-corrected chi connectivity index (χ0v) is 9.99. The van der Waals surface area contributed by atoms with Gasteiger partial charge in [0, 0.05) is 11.6 Å². The monoisotopic (exact) mass is 237 g/mol. The maximum Gasteiger partial charge on any atom is 0.121 e. The van der Waals surface area contributed by atoms with Gasteiger partial charge in [0.05, 0.1) is 0 Å². The predicted octanol–water partition coefficient (Wildman–Crippen LogP) is 2.81. The van der Waals surface area contributed by atoms with Gasteiger partial charge in [-0.15, -0.1) is 0 Å². The highest BCUT2D eigenvalue weighted by molar-refractivity contribution is 6.30. The van der Waals surface area contributed by atoms with Crippen LogP contribution in [0.25, 0.3) is 0 Å². The molecule has 0 amide bonds. The molecule has 3 heteroatoms. The summed E-state index contributed by atoms with van der Waals surface area (Å²) in [5.41, 5.74) is 0. The Balaban J connectivity index is 1.71. The number of hydrogen-bond acceptors (Lipinski definition) is 2. The Bertz CT molecular complexity index is 374. The molecule has 0 aliphatic carbocycles. The summed E-state index contributed by atoms with van der Waals surface area (Å²) >= 11 is 5.95. The molecule has 3 heterocycles. The molecule has 4 rings (SSSR count). The van der Waals surface area contributed by atoms with Crippen LogP contribution in [0.4, 0.5) is 0 Å². The predicted molar refractivity (Wildman–Crippen MR) is 65.0 cm³/mol. The van der Waals surface area contributed by atoms with Gasteiger partial charge in [-0.1, -0.05) is 17.7 Å². The van der Waals surface area contributed by atoms with E-state index in [4.69, 9.17) is 16.3 Å². The molecule has 86 valence electrons. The van der Waals surface area contributed by atoms with E-state index in [1.807, 2.05) is 24.3 Å². The molecule has 1 aromatic rings. The normalized spacial score (nSPS) is 32.7. The van der Waals surface area contributed by atoms with Gasteiger partial charge in [-0.2, -0.15) is 0 Å². The minimum Gasteiger partial charge on any atom is -0.489 e. The fourth-order valence-corrected chi connectivity index (χ4v) is 2.94. The largest absolute Gasteiger partial charge is 0.489 e. The smallest absolute Gasteiger partial charge is 0.121 e. The second kappa shape index (κ2) is 4.27. The lowest BCUT2D eigenvalue weighted by Crippen LogP contribution is -2.52. The number of rotatable bonds is 2. The molecule has 0 aromatic heterocycles. The Labute approximate surface area is 101 Å². The van der Waals surface area contributed by atoms with Crippen LogP contribution in [0, 0.1) is 5.92 Å². The highest BCUT2D eigenvalue weighted by atomic mass is 35.5. The van der Waals surface area contributed by atoms with Crippen molar-refractivity contribution in [3.05, 3.63) is 29.3 Å². The van der Waals surface area contributed by atoms with E-state index in [0.717, 1.165) is 23.2 Å². The summed E-state index contributed by atoms with van der Waals surface area (Å²) < 4.78 is 6.04. The first kappa shape index (κ1) is 10.4. The molecule has 16 heavy (non-hydrogen) atoms. The second-order valence-electron chi connectivity index (χ2n) is 4.75. The van der Waals surface area contributed by atoms with Crippen LogP contribution >= 0.6 is 11.6 Å². The summed E-state index contributed by atoms with van der Waals surface area (Å²) in [5, 5.41) is 0.749. The molecule has 1 atom stereocenters. The summed E-state index contributed by atoms with van der Waals surface area (Å²) in [6, 6.07) is 7.71. The van der Waals surface area contributed by atoms with Gasteiger partial charge in [0.25, 0.3) is 0 Å². The van der Waals surface area contributed by atoms with E-state index in [1.54, 1.807) is 0 Å². The lowest BCUT2D eigenvalue weighted by Gasteiger charge is -2.44. The van der Waals surface area contributed by atoms with Gasteiger partial charge in [-0.25, -0.2) is 0 Å². The van der Waals surface area contributed by atoms with Gasteiger partial charge in [0.2, 0.25) is 0 Å². The van der Waals surface area contributed by atoms with Crippen LogP contribution in [0.3, 0.4) is 0 Å². The molecule has 0 saturated carbocycles. The van der Waals surface area contributed by atoms with Crippen LogP contribution in [0.1, 0.15) is 12.8 Å². The van der Waals surface area contributed by atoms with E-state index in [1.165, 1.54) is 25.9 Å². The first-order chi connectivity index (χ1) is 7.81. The maximum atomic E-state index is 6.04. The minimum absolute atomic E-state index is 0.362. The number of halogens is 1. The molecule has 0 unspecified atom stereocenters. The van der Waals surface area contributed by atoms with Crippen LogP contribution in [-0.4, -0.2) is 30.6 Å². The first-order valence-corrected chi connectivity index (χ1v) is 6.33. The third-order valence-electron chi connectivity index (χ3n) is 3.68. The zero-order chi connectivity index (χ0) is 11.0. The van der Waals surface area contributed by atoms with Gasteiger partial charge >= 0.3 is 0 Å². The molecular formula is C13H16ClNO. The van der Waals surface area contributed by atoms with Gasteiger partial charge in [0.1, 0.15) is 11.9 Å². The third kappa shape index (κ3) is 2.04. The summed E-state index contributed by atoms with van der Waals surface area (Å²) in [5.74, 6) is 1.65. The topological polar surface area (TPSA) is 12.5 Å².